The highest BCUT2D eigenvalue weighted by molar-refractivity contribution is 5.39. The average molecular weight is 262 g/mol. The van der Waals surface area contributed by atoms with E-state index in [2.05, 4.69) is 34.4 Å². The minimum absolute atomic E-state index is 0.471. The molecule has 4 nitrogen and oxygen atoms in total. The van der Waals surface area contributed by atoms with Gasteiger partial charge >= 0.3 is 0 Å². The quantitative estimate of drug-likeness (QED) is 0.823. The predicted molar refractivity (Wildman–Crippen MR) is 80.4 cm³/mol. The second-order valence-electron chi connectivity index (χ2n) is 6.17. The minimum atomic E-state index is 0.471. The molecule has 1 aliphatic carbocycles. The van der Waals surface area contributed by atoms with Gasteiger partial charge in [-0.3, -0.25) is 0 Å². The van der Waals surface area contributed by atoms with Gasteiger partial charge < -0.3 is 10.6 Å². The van der Waals surface area contributed by atoms with Crippen LogP contribution in [0.3, 0.4) is 0 Å². The Balaban J connectivity index is 1.98. The number of hydrogen-bond donors (Lipinski definition) is 2. The van der Waals surface area contributed by atoms with Crippen LogP contribution in [0.2, 0.25) is 0 Å². The summed E-state index contributed by atoms with van der Waals surface area (Å²) in [6.07, 6.45) is 8.55. The molecule has 1 fully saturated rings. The summed E-state index contributed by atoms with van der Waals surface area (Å²) in [5, 5.41) is 6.49. The van der Waals surface area contributed by atoms with Crippen molar-refractivity contribution >= 4 is 11.8 Å². The van der Waals surface area contributed by atoms with E-state index >= 15 is 0 Å². The van der Waals surface area contributed by atoms with Gasteiger partial charge in [0.2, 0.25) is 5.95 Å². The third-order valence-electron chi connectivity index (χ3n) is 4.03. The summed E-state index contributed by atoms with van der Waals surface area (Å²) in [7, 11) is 1.84. The molecular formula is C15H26N4. The molecule has 19 heavy (non-hydrogen) atoms. The molecule has 0 amide bonds. The molecule has 0 atom stereocenters. The number of hydrogen-bond acceptors (Lipinski definition) is 4. The normalized spacial score (nSPS) is 17.7. The Morgan fingerprint density at radius 2 is 2.05 bits per heavy atom. The van der Waals surface area contributed by atoms with E-state index in [1.54, 1.807) is 6.20 Å². The van der Waals surface area contributed by atoms with Crippen molar-refractivity contribution in [2.45, 2.75) is 46.0 Å². The first kappa shape index (κ1) is 14.1. The van der Waals surface area contributed by atoms with Crippen LogP contribution in [0.1, 0.15) is 46.0 Å². The lowest BCUT2D eigenvalue weighted by Crippen LogP contribution is -2.28. The molecule has 2 N–H and O–H groups in total. The van der Waals surface area contributed by atoms with Gasteiger partial charge in [-0.1, -0.05) is 26.7 Å². The Morgan fingerprint density at radius 1 is 1.32 bits per heavy atom. The molecule has 1 saturated carbocycles. The zero-order chi connectivity index (χ0) is 13.7. The van der Waals surface area contributed by atoms with Crippen molar-refractivity contribution in [2.24, 2.45) is 11.3 Å². The van der Waals surface area contributed by atoms with Crippen molar-refractivity contribution in [1.82, 2.24) is 9.97 Å². The molecule has 2 rings (SSSR count). The molecule has 1 aromatic heterocycles. The van der Waals surface area contributed by atoms with Gasteiger partial charge in [0, 0.05) is 19.8 Å². The highest BCUT2D eigenvalue weighted by Gasteiger charge is 2.34. The van der Waals surface area contributed by atoms with E-state index in [1.807, 2.05) is 13.1 Å². The molecule has 1 aliphatic rings. The molecule has 106 valence electrons. The zero-order valence-electron chi connectivity index (χ0n) is 12.4. The van der Waals surface area contributed by atoms with E-state index in [-0.39, 0.29) is 0 Å². The molecule has 0 saturated heterocycles. The van der Waals surface area contributed by atoms with Crippen LogP contribution in [-0.2, 0) is 0 Å². The average Bonchev–Trinajstić information content (AvgIpc) is 2.85. The molecule has 4 heteroatoms. The standard InChI is InChI=1S/C15H26N4/c1-12(2)10-15(7-4-5-8-15)11-18-13-6-9-17-14(16-3)19-13/h6,9,12H,4-5,7-8,10-11H2,1-3H3,(H2,16,17,18,19). The van der Waals surface area contributed by atoms with Gasteiger partial charge in [0.05, 0.1) is 0 Å². The van der Waals surface area contributed by atoms with Crippen LogP contribution < -0.4 is 10.6 Å². The molecule has 0 aromatic carbocycles. The topological polar surface area (TPSA) is 49.8 Å². The third kappa shape index (κ3) is 3.82. The summed E-state index contributed by atoms with van der Waals surface area (Å²) >= 11 is 0. The summed E-state index contributed by atoms with van der Waals surface area (Å²) in [6.45, 7) is 5.68. The van der Waals surface area contributed by atoms with E-state index < -0.39 is 0 Å². The number of aromatic nitrogens is 2. The van der Waals surface area contributed by atoms with Crippen molar-refractivity contribution in [3.8, 4) is 0 Å². The Bertz CT molecular complexity index is 397. The van der Waals surface area contributed by atoms with Crippen LogP contribution in [0.15, 0.2) is 12.3 Å². The number of nitrogens with one attached hydrogen (secondary N) is 2. The summed E-state index contributed by atoms with van der Waals surface area (Å²) in [6, 6.07) is 1.94. The van der Waals surface area contributed by atoms with Crippen molar-refractivity contribution < 1.29 is 0 Å². The molecule has 1 aromatic rings. The number of anilines is 2. The van der Waals surface area contributed by atoms with E-state index in [9.17, 15) is 0 Å². The van der Waals surface area contributed by atoms with E-state index in [0.717, 1.165) is 18.3 Å². The lowest BCUT2D eigenvalue weighted by molar-refractivity contribution is 0.252. The largest absolute Gasteiger partial charge is 0.369 e. The molecule has 1 heterocycles. The van der Waals surface area contributed by atoms with Crippen molar-refractivity contribution in [3.05, 3.63) is 12.3 Å². The van der Waals surface area contributed by atoms with Crippen LogP contribution in [0.4, 0.5) is 11.8 Å². The van der Waals surface area contributed by atoms with Gasteiger partial charge in [-0.15, -0.1) is 0 Å². The minimum Gasteiger partial charge on any atom is -0.369 e. The summed E-state index contributed by atoms with van der Waals surface area (Å²) in [5.41, 5.74) is 0.471. The maximum Gasteiger partial charge on any atom is 0.224 e. The van der Waals surface area contributed by atoms with Gasteiger partial charge in [0.25, 0.3) is 0 Å². The summed E-state index contributed by atoms with van der Waals surface area (Å²) < 4.78 is 0. The van der Waals surface area contributed by atoms with E-state index in [1.165, 1.54) is 32.1 Å². The number of nitrogens with zero attached hydrogens (tertiary/aromatic N) is 2. The zero-order valence-corrected chi connectivity index (χ0v) is 12.4. The van der Waals surface area contributed by atoms with E-state index in [4.69, 9.17) is 0 Å². The van der Waals surface area contributed by atoms with Gasteiger partial charge in [0.1, 0.15) is 5.82 Å². The first-order valence-electron chi connectivity index (χ1n) is 7.38. The Kier molecular flexibility index (Phi) is 4.61. The molecule has 0 bridgehead atoms. The second-order valence-corrected chi connectivity index (χ2v) is 6.17. The van der Waals surface area contributed by atoms with Crippen LogP contribution in [-0.4, -0.2) is 23.6 Å². The third-order valence-corrected chi connectivity index (χ3v) is 4.03. The van der Waals surface area contributed by atoms with Crippen LogP contribution in [0.5, 0.6) is 0 Å². The summed E-state index contributed by atoms with van der Waals surface area (Å²) in [4.78, 5) is 8.57. The second kappa shape index (κ2) is 6.22. The fourth-order valence-electron chi connectivity index (χ4n) is 3.30. The van der Waals surface area contributed by atoms with Gasteiger partial charge in [-0.25, -0.2) is 4.98 Å². The SMILES string of the molecule is CNc1nccc(NCC2(CC(C)C)CCCC2)n1. The fraction of sp³-hybridized carbons (Fsp3) is 0.733. The molecule has 0 spiro atoms. The van der Waals surface area contributed by atoms with Gasteiger partial charge in [-0.05, 0) is 36.7 Å². The molecule has 0 radical (unpaired) electrons. The van der Waals surface area contributed by atoms with Gasteiger partial charge in [-0.2, -0.15) is 4.98 Å². The summed E-state index contributed by atoms with van der Waals surface area (Å²) in [5.74, 6) is 2.36. The Morgan fingerprint density at radius 3 is 2.68 bits per heavy atom. The molecular weight excluding hydrogens is 236 g/mol. The maximum atomic E-state index is 4.43. The highest BCUT2D eigenvalue weighted by atomic mass is 15.1. The smallest absolute Gasteiger partial charge is 0.224 e. The van der Waals surface area contributed by atoms with E-state index in [0.29, 0.717) is 11.4 Å². The lowest BCUT2D eigenvalue weighted by atomic mass is 9.78. The molecule has 0 aliphatic heterocycles. The van der Waals surface area contributed by atoms with Crippen LogP contribution in [0.25, 0.3) is 0 Å². The lowest BCUT2D eigenvalue weighted by Gasteiger charge is -2.31. The van der Waals surface area contributed by atoms with Crippen molar-refractivity contribution in [1.29, 1.82) is 0 Å². The predicted octanol–water partition coefficient (Wildman–Crippen LogP) is 3.54. The first-order valence-corrected chi connectivity index (χ1v) is 7.38. The number of rotatable bonds is 6. The monoisotopic (exact) mass is 262 g/mol. The first-order chi connectivity index (χ1) is 9.13. The van der Waals surface area contributed by atoms with Crippen LogP contribution >= 0.6 is 0 Å². The maximum absolute atomic E-state index is 4.43. The van der Waals surface area contributed by atoms with Crippen LogP contribution in [0, 0.1) is 11.3 Å². The van der Waals surface area contributed by atoms with Crippen molar-refractivity contribution in [2.75, 3.05) is 24.2 Å². The highest BCUT2D eigenvalue weighted by Crippen LogP contribution is 2.43. The van der Waals surface area contributed by atoms with Gasteiger partial charge in [0.15, 0.2) is 0 Å². The Labute approximate surface area is 116 Å². The molecule has 0 unspecified atom stereocenters. The Hall–Kier alpha value is -1.32. The van der Waals surface area contributed by atoms with Crippen molar-refractivity contribution in [3.63, 3.8) is 0 Å². The fourth-order valence-corrected chi connectivity index (χ4v) is 3.30.